The summed E-state index contributed by atoms with van der Waals surface area (Å²) in [7, 11) is 1.84. The third-order valence-electron chi connectivity index (χ3n) is 2.29. The lowest BCUT2D eigenvalue weighted by atomic mass is 10.3. The van der Waals surface area contributed by atoms with Crippen molar-refractivity contribution in [2.24, 2.45) is 7.05 Å². The maximum absolute atomic E-state index is 8.76. The van der Waals surface area contributed by atoms with E-state index in [-0.39, 0.29) is 6.61 Å². The van der Waals surface area contributed by atoms with E-state index in [1.165, 1.54) is 0 Å². The van der Waals surface area contributed by atoms with E-state index < -0.39 is 0 Å². The van der Waals surface area contributed by atoms with E-state index in [1.807, 2.05) is 7.05 Å². The van der Waals surface area contributed by atoms with Crippen LogP contribution in [0.5, 0.6) is 0 Å². The van der Waals surface area contributed by atoms with Crippen LogP contribution in [0.2, 0.25) is 5.15 Å². The van der Waals surface area contributed by atoms with Crippen LogP contribution < -0.4 is 0 Å². The summed E-state index contributed by atoms with van der Waals surface area (Å²) in [5.41, 5.74) is 0.766. The zero-order valence-electron chi connectivity index (χ0n) is 8.84. The van der Waals surface area contributed by atoms with Crippen molar-refractivity contribution in [3.05, 3.63) is 29.1 Å². The largest absolute Gasteiger partial charge is 0.396 e. The second-order valence-corrected chi connectivity index (χ2v) is 3.82. The molecule has 1 N–H and O–H groups in total. The Hall–Kier alpha value is -1.40. The fourth-order valence-electron chi connectivity index (χ4n) is 1.36. The van der Waals surface area contributed by atoms with E-state index in [2.05, 4.69) is 15.3 Å². The van der Waals surface area contributed by atoms with Crippen LogP contribution in [0, 0.1) is 0 Å². The third-order valence-corrected chi connectivity index (χ3v) is 2.64. The highest BCUT2D eigenvalue weighted by Gasteiger charge is 2.06. The highest BCUT2D eigenvalue weighted by molar-refractivity contribution is 6.29. The first kappa shape index (κ1) is 11.1. The molecule has 0 saturated heterocycles. The fourth-order valence-corrected chi connectivity index (χ4v) is 1.51. The van der Waals surface area contributed by atoms with Gasteiger partial charge in [-0.25, -0.2) is 9.67 Å². The first-order valence-corrected chi connectivity index (χ1v) is 5.24. The molecule has 0 amide bonds. The molecule has 0 aromatic carbocycles. The van der Waals surface area contributed by atoms with E-state index in [1.54, 1.807) is 21.6 Å². The quantitative estimate of drug-likeness (QED) is 0.833. The van der Waals surface area contributed by atoms with E-state index in [0.29, 0.717) is 18.1 Å². The molecule has 86 valence electrons. The van der Waals surface area contributed by atoms with Gasteiger partial charge in [-0.3, -0.25) is 0 Å². The van der Waals surface area contributed by atoms with Crippen LogP contribution >= 0.6 is 11.6 Å². The minimum atomic E-state index is 0.0763. The summed E-state index contributed by atoms with van der Waals surface area (Å²) < 4.78 is 3.46. The number of hydrogen-bond acceptors (Lipinski definition) is 4. The number of aliphatic hydroxyl groups excluding tert-OH is 1. The molecule has 2 rings (SSSR count). The summed E-state index contributed by atoms with van der Waals surface area (Å²) in [6, 6.07) is 0. The zero-order valence-corrected chi connectivity index (χ0v) is 9.59. The highest BCUT2D eigenvalue weighted by Crippen LogP contribution is 2.09. The van der Waals surface area contributed by atoms with Gasteiger partial charge in [0.05, 0.1) is 11.9 Å². The molecule has 0 bridgehead atoms. The maximum atomic E-state index is 8.76. The number of hydrogen-bond donors (Lipinski definition) is 1. The van der Waals surface area contributed by atoms with Crippen LogP contribution in [0.4, 0.5) is 0 Å². The van der Waals surface area contributed by atoms with Crippen molar-refractivity contribution in [3.8, 4) is 0 Å². The van der Waals surface area contributed by atoms with Gasteiger partial charge in [-0.2, -0.15) is 0 Å². The van der Waals surface area contributed by atoms with Crippen molar-refractivity contribution in [2.75, 3.05) is 6.61 Å². The second kappa shape index (κ2) is 4.63. The van der Waals surface area contributed by atoms with Crippen molar-refractivity contribution in [2.45, 2.75) is 13.0 Å². The Labute approximate surface area is 97.5 Å². The van der Waals surface area contributed by atoms with Gasteiger partial charge in [0.1, 0.15) is 17.5 Å². The molecular formula is C9H12ClN5O. The van der Waals surface area contributed by atoms with Crippen molar-refractivity contribution in [3.63, 3.8) is 0 Å². The number of rotatable bonds is 4. The molecule has 0 atom stereocenters. The molecule has 2 heterocycles. The van der Waals surface area contributed by atoms with Crippen molar-refractivity contribution in [1.82, 2.24) is 24.5 Å². The van der Waals surface area contributed by atoms with Crippen LogP contribution in [-0.4, -0.2) is 36.3 Å². The van der Waals surface area contributed by atoms with E-state index >= 15 is 0 Å². The fraction of sp³-hybridized carbons (Fsp3) is 0.444. The molecule has 0 radical (unpaired) electrons. The summed E-state index contributed by atoms with van der Waals surface area (Å²) in [5.74, 6) is 0.811. The first-order valence-electron chi connectivity index (χ1n) is 4.86. The lowest BCUT2D eigenvalue weighted by Crippen LogP contribution is -2.06. The van der Waals surface area contributed by atoms with E-state index in [9.17, 15) is 0 Å². The molecule has 0 unspecified atom stereocenters. The maximum Gasteiger partial charge on any atom is 0.131 e. The Bertz CT molecular complexity index is 478. The number of nitrogens with zero attached hydrogens (tertiary/aromatic N) is 5. The van der Waals surface area contributed by atoms with Crippen molar-refractivity contribution >= 4 is 11.6 Å². The zero-order chi connectivity index (χ0) is 11.5. The molecule has 7 heteroatoms. The minimum absolute atomic E-state index is 0.0763. The van der Waals surface area contributed by atoms with Gasteiger partial charge < -0.3 is 9.67 Å². The van der Waals surface area contributed by atoms with Crippen LogP contribution in [0.15, 0.2) is 12.4 Å². The summed E-state index contributed by atoms with van der Waals surface area (Å²) in [5, 5.41) is 17.2. The van der Waals surface area contributed by atoms with Gasteiger partial charge in [0, 0.05) is 26.3 Å². The smallest absolute Gasteiger partial charge is 0.131 e. The Kier molecular flexibility index (Phi) is 3.21. The number of aromatic nitrogens is 5. The Morgan fingerprint density at radius 3 is 2.94 bits per heavy atom. The monoisotopic (exact) mass is 241 g/mol. The third kappa shape index (κ3) is 2.23. The molecule has 0 aliphatic heterocycles. The molecule has 0 spiro atoms. The molecule has 0 aliphatic rings. The molecule has 6 nitrogen and oxygen atoms in total. The van der Waals surface area contributed by atoms with Gasteiger partial charge in [0.25, 0.3) is 0 Å². The summed E-state index contributed by atoms with van der Waals surface area (Å²) in [6.07, 6.45) is 3.91. The first-order chi connectivity index (χ1) is 7.70. The van der Waals surface area contributed by atoms with Crippen molar-refractivity contribution in [1.29, 1.82) is 0 Å². The highest BCUT2D eigenvalue weighted by atomic mass is 35.5. The Morgan fingerprint density at radius 1 is 1.50 bits per heavy atom. The molecule has 0 saturated carbocycles. The van der Waals surface area contributed by atoms with E-state index in [4.69, 9.17) is 16.7 Å². The number of imidazole rings is 1. The predicted octanol–water partition coefficient (Wildman–Crippen LogP) is 0.248. The summed E-state index contributed by atoms with van der Waals surface area (Å²) >= 11 is 5.87. The van der Waals surface area contributed by atoms with Gasteiger partial charge >= 0.3 is 0 Å². The van der Waals surface area contributed by atoms with Crippen molar-refractivity contribution < 1.29 is 5.11 Å². The average Bonchev–Trinajstić information content (AvgIpc) is 2.82. The van der Waals surface area contributed by atoms with Gasteiger partial charge in [0.15, 0.2) is 0 Å². The number of halogens is 1. The topological polar surface area (TPSA) is 68.8 Å². The molecule has 0 fully saturated rings. The van der Waals surface area contributed by atoms with Crippen LogP contribution in [0.1, 0.15) is 11.5 Å². The average molecular weight is 242 g/mol. The summed E-state index contributed by atoms with van der Waals surface area (Å²) in [6.45, 7) is 0.592. The van der Waals surface area contributed by atoms with Gasteiger partial charge in [-0.05, 0) is 0 Å². The molecule has 2 aromatic rings. The molecule has 16 heavy (non-hydrogen) atoms. The number of aliphatic hydroxyl groups is 1. The summed E-state index contributed by atoms with van der Waals surface area (Å²) in [4.78, 5) is 4.16. The van der Waals surface area contributed by atoms with Gasteiger partial charge in [-0.15, -0.1) is 5.10 Å². The SMILES string of the molecule is Cn1c(Cl)cnc1Cn1cc(CCO)nn1. The van der Waals surface area contributed by atoms with Gasteiger partial charge in [-0.1, -0.05) is 16.8 Å². The van der Waals surface area contributed by atoms with Crippen LogP contribution in [0.3, 0.4) is 0 Å². The minimum Gasteiger partial charge on any atom is -0.396 e. The normalized spacial score (nSPS) is 10.9. The van der Waals surface area contributed by atoms with Gasteiger partial charge in [0.2, 0.25) is 0 Å². The van der Waals surface area contributed by atoms with Crippen LogP contribution in [0.25, 0.3) is 0 Å². The lowest BCUT2D eigenvalue weighted by molar-refractivity contribution is 0.298. The Balaban J connectivity index is 2.11. The Morgan fingerprint density at radius 2 is 2.31 bits per heavy atom. The molecule has 2 aromatic heterocycles. The van der Waals surface area contributed by atoms with Crippen LogP contribution in [-0.2, 0) is 20.0 Å². The lowest BCUT2D eigenvalue weighted by Gasteiger charge is -2.01. The predicted molar refractivity (Wildman–Crippen MR) is 58.1 cm³/mol. The molecular weight excluding hydrogens is 230 g/mol. The second-order valence-electron chi connectivity index (χ2n) is 3.44. The van der Waals surface area contributed by atoms with E-state index in [0.717, 1.165) is 11.5 Å². The standard InChI is InChI=1S/C9H12ClN5O/c1-14-8(10)4-11-9(14)6-15-5-7(2-3-16)12-13-15/h4-5,16H,2-3,6H2,1H3. The molecule has 0 aliphatic carbocycles.